The molecular formula is C23H26N6O4. The van der Waals surface area contributed by atoms with Crippen LogP contribution in [0.5, 0.6) is 0 Å². The van der Waals surface area contributed by atoms with E-state index in [2.05, 4.69) is 15.4 Å². The molecule has 172 valence electrons. The third kappa shape index (κ3) is 3.91. The quantitative estimate of drug-likeness (QED) is 0.608. The molecule has 33 heavy (non-hydrogen) atoms. The van der Waals surface area contributed by atoms with Crippen molar-refractivity contribution in [1.82, 2.24) is 24.1 Å². The number of ether oxygens (including phenoxy) is 1. The Morgan fingerprint density at radius 1 is 1.30 bits per heavy atom. The molecule has 1 unspecified atom stereocenters. The molecule has 5 rings (SSSR count). The first-order chi connectivity index (χ1) is 15.9. The average molecular weight is 450 g/mol. The van der Waals surface area contributed by atoms with Gasteiger partial charge >= 0.3 is 0 Å². The second kappa shape index (κ2) is 8.43. The van der Waals surface area contributed by atoms with Crippen molar-refractivity contribution >= 4 is 23.3 Å². The lowest BCUT2D eigenvalue weighted by atomic mass is 10.1. The fourth-order valence-corrected chi connectivity index (χ4v) is 4.45. The van der Waals surface area contributed by atoms with Gasteiger partial charge in [0.2, 0.25) is 5.91 Å². The van der Waals surface area contributed by atoms with Crippen LogP contribution in [0.1, 0.15) is 40.7 Å². The third-order valence-corrected chi connectivity index (χ3v) is 6.21. The zero-order valence-corrected chi connectivity index (χ0v) is 18.7. The Kier molecular flexibility index (Phi) is 5.45. The molecule has 2 amide bonds. The molecule has 0 spiro atoms. The number of aryl methyl sites for hydroxylation is 2. The molecular weight excluding hydrogens is 424 g/mol. The van der Waals surface area contributed by atoms with Gasteiger partial charge in [-0.05, 0) is 31.4 Å². The summed E-state index contributed by atoms with van der Waals surface area (Å²) in [5.41, 5.74) is 2.46. The number of carbonyl (C=O) groups is 2. The first-order valence-electron chi connectivity index (χ1n) is 11.2. The molecule has 1 saturated heterocycles. The number of amides is 2. The van der Waals surface area contributed by atoms with Crippen LogP contribution in [0.4, 0.5) is 5.82 Å². The topological polar surface area (TPSA) is 111 Å². The zero-order chi connectivity index (χ0) is 23.1. The highest BCUT2D eigenvalue weighted by molar-refractivity contribution is 5.98. The van der Waals surface area contributed by atoms with Gasteiger partial charge in [-0.25, -0.2) is 4.98 Å². The highest BCUT2D eigenvalue weighted by Gasteiger charge is 2.36. The van der Waals surface area contributed by atoms with Crippen molar-refractivity contribution in [3.8, 4) is 0 Å². The molecule has 3 aromatic heterocycles. The lowest BCUT2D eigenvalue weighted by Crippen LogP contribution is -2.32. The molecule has 1 fully saturated rings. The third-order valence-electron chi connectivity index (χ3n) is 6.21. The Morgan fingerprint density at radius 2 is 2.15 bits per heavy atom. The minimum Gasteiger partial charge on any atom is -0.381 e. The molecule has 2 aliphatic rings. The molecule has 0 aromatic carbocycles. The van der Waals surface area contributed by atoms with Crippen LogP contribution < -0.4 is 10.9 Å². The Bertz CT molecular complexity index is 1290. The zero-order valence-electron chi connectivity index (χ0n) is 18.7. The number of nitrogens with zero attached hydrogens (tertiary/aromatic N) is 5. The highest BCUT2D eigenvalue weighted by Crippen LogP contribution is 2.25. The van der Waals surface area contributed by atoms with Crippen molar-refractivity contribution in [1.29, 1.82) is 0 Å². The van der Waals surface area contributed by atoms with Gasteiger partial charge in [0.05, 0.1) is 24.4 Å². The largest absolute Gasteiger partial charge is 0.381 e. The summed E-state index contributed by atoms with van der Waals surface area (Å²) in [4.78, 5) is 45.4. The number of hydrogen-bond acceptors (Lipinski definition) is 6. The van der Waals surface area contributed by atoms with E-state index in [1.807, 2.05) is 19.9 Å². The van der Waals surface area contributed by atoms with E-state index in [0.29, 0.717) is 43.2 Å². The van der Waals surface area contributed by atoms with Gasteiger partial charge in [-0.3, -0.25) is 14.4 Å². The summed E-state index contributed by atoms with van der Waals surface area (Å²) in [6.07, 6.45) is 3.19. The number of nitrogens with one attached hydrogen (secondary N) is 1. The van der Waals surface area contributed by atoms with Gasteiger partial charge in [0.15, 0.2) is 0 Å². The highest BCUT2D eigenvalue weighted by atomic mass is 16.5. The van der Waals surface area contributed by atoms with Crippen molar-refractivity contribution < 1.29 is 14.3 Å². The van der Waals surface area contributed by atoms with Gasteiger partial charge in [0.25, 0.3) is 11.5 Å². The minimum atomic E-state index is -0.339. The Hall–Kier alpha value is -3.53. The summed E-state index contributed by atoms with van der Waals surface area (Å²) >= 11 is 0. The monoisotopic (exact) mass is 450 g/mol. The first-order valence-corrected chi connectivity index (χ1v) is 11.2. The number of carbonyl (C=O) groups excluding carboxylic acids is 2. The van der Waals surface area contributed by atoms with Gasteiger partial charge in [-0.2, -0.15) is 9.61 Å². The Morgan fingerprint density at radius 3 is 2.85 bits per heavy atom. The van der Waals surface area contributed by atoms with E-state index >= 15 is 0 Å². The molecule has 2 aliphatic heterocycles. The summed E-state index contributed by atoms with van der Waals surface area (Å²) in [6, 6.07) is 5.35. The molecule has 5 heterocycles. The van der Waals surface area contributed by atoms with Gasteiger partial charge in [0, 0.05) is 31.3 Å². The fourth-order valence-electron chi connectivity index (χ4n) is 4.45. The SMILES string of the molecule is CCc1cc2n(CC(=O)Nc3ccc(C)cn3)c3c(c(=O)n2n1)CN(CC1CCOC1)C3=O. The van der Waals surface area contributed by atoms with Crippen molar-refractivity contribution in [2.24, 2.45) is 5.92 Å². The second-order valence-electron chi connectivity index (χ2n) is 8.66. The summed E-state index contributed by atoms with van der Waals surface area (Å²) in [5.74, 6) is 0.0977. The normalized spacial score (nSPS) is 17.7. The molecule has 0 aliphatic carbocycles. The maximum absolute atomic E-state index is 13.4. The van der Waals surface area contributed by atoms with Crippen LogP contribution >= 0.6 is 0 Å². The number of aromatic nitrogens is 4. The van der Waals surface area contributed by atoms with Crippen molar-refractivity contribution in [2.75, 3.05) is 25.1 Å². The van der Waals surface area contributed by atoms with Crippen LogP contribution in [0.3, 0.4) is 0 Å². The number of rotatable bonds is 6. The number of fused-ring (bicyclic) bond motifs is 2. The molecule has 0 radical (unpaired) electrons. The predicted molar refractivity (Wildman–Crippen MR) is 120 cm³/mol. The summed E-state index contributed by atoms with van der Waals surface area (Å²) < 4.78 is 8.36. The van der Waals surface area contributed by atoms with Gasteiger partial charge < -0.3 is 19.5 Å². The molecule has 1 atom stereocenters. The van der Waals surface area contributed by atoms with E-state index in [9.17, 15) is 14.4 Å². The summed E-state index contributed by atoms with van der Waals surface area (Å²) in [5, 5.41) is 7.19. The van der Waals surface area contributed by atoms with E-state index in [4.69, 9.17) is 4.74 Å². The van der Waals surface area contributed by atoms with E-state index < -0.39 is 0 Å². The standard InChI is InChI=1S/C23H26N6O4/c1-3-16-8-20-28(12-19(30)25-18-5-4-14(2)9-24-18)21-17(22(31)29(20)26-16)11-27(23(21)32)10-15-6-7-33-13-15/h4-5,8-9,15H,3,6-7,10-13H2,1-2H3,(H,24,25,30). The second-order valence-corrected chi connectivity index (χ2v) is 8.66. The summed E-state index contributed by atoms with van der Waals surface area (Å²) in [6.45, 7) is 5.75. The molecule has 0 bridgehead atoms. The van der Waals surface area contributed by atoms with Crippen LogP contribution in [-0.4, -0.2) is 55.6 Å². The maximum atomic E-state index is 13.4. The van der Waals surface area contributed by atoms with E-state index in [-0.39, 0.29) is 42.1 Å². The number of anilines is 1. The van der Waals surface area contributed by atoms with Gasteiger partial charge in [-0.1, -0.05) is 13.0 Å². The van der Waals surface area contributed by atoms with Crippen LogP contribution in [0.2, 0.25) is 0 Å². The van der Waals surface area contributed by atoms with Gasteiger partial charge in [0.1, 0.15) is 23.7 Å². The number of pyridine rings is 1. The first kappa shape index (κ1) is 21.3. The molecule has 1 N–H and O–H groups in total. The fraction of sp³-hybridized carbons (Fsp3) is 0.435. The van der Waals surface area contributed by atoms with Crippen molar-refractivity contribution in [3.05, 3.63) is 57.3 Å². The van der Waals surface area contributed by atoms with Crippen LogP contribution in [0.25, 0.3) is 5.65 Å². The van der Waals surface area contributed by atoms with Gasteiger partial charge in [-0.15, -0.1) is 0 Å². The molecule has 0 saturated carbocycles. The predicted octanol–water partition coefficient (Wildman–Crippen LogP) is 1.39. The minimum absolute atomic E-state index is 0.136. The van der Waals surface area contributed by atoms with Crippen LogP contribution in [-0.2, 0) is 29.0 Å². The van der Waals surface area contributed by atoms with Crippen LogP contribution in [0.15, 0.2) is 29.2 Å². The molecule has 10 heteroatoms. The van der Waals surface area contributed by atoms with E-state index in [0.717, 1.165) is 17.7 Å². The average Bonchev–Trinajstić information content (AvgIpc) is 3.53. The van der Waals surface area contributed by atoms with E-state index in [1.54, 1.807) is 27.8 Å². The Balaban J connectivity index is 1.52. The molecule has 3 aromatic rings. The smallest absolute Gasteiger partial charge is 0.280 e. The lowest BCUT2D eigenvalue weighted by molar-refractivity contribution is -0.116. The van der Waals surface area contributed by atoms with Crippen LogP contribution in [0, 0.1) is 12.8 Å². The molecule has 10 nitrogen and oxygen atoms in total. The Labute approximate surface area is 190 Å². The maximum Gasteiger partial charge on any atom is 0.280 e. The van der Waals surface area contributed by atoms with E-state index in [1.165, 1.54) is 4.52 Å². The lowest BCUT2D eigenvalue weighted by Gasteiger charge is -2.19. The number of hydrogen-bond donors (Lipinski definition) is 1. The summed E-state index contributed by atoms with van der Waals surface area (Å²) in [7, 11) is 0. The van der Waals surface area contributed by atoms with Crippen molar-refractivity contribution in [3.63, 3.8) is 0 Å². The van der Waals surface area contributed by atoms with Crippen molar-refractivity contribution in [2.45, 2.75) is 39.8 Å².